The molecule has 0 saturated heterocycles. The molecule has 0 aromatic heterocycles. The molecule has 0 fully saturated rings. The van der Waals surface area contributed by atoms with Crippen molar-refractivity contribution in [3.8, 4) is 11.5 Å². The molecular formula is C13H17ClN2O3S. The average molecular weight is 317 g/mol. The number of anilines is 1. The fourth-order valence-corrected chi connectivity index (χ4v) is 2.21. The van der Waals surface area contributed by atoms with Crippen molar-refractivity contribution in [1.29, 1.82) is 0 Å². The Labute approximate surface area is 128 Å². The molecule has 3 N–H and O–H groups in total. The highest BCUT2D eigenvalue weighted by Gasteiger charge is 2.21. The van der Waals surface area contributed by atoms with Crippen LogP contribution in [-0.4, -0.2) is 25.1 Å². The van der Waals surface area contributed by atoms with Crippen LogP contribution in [0.1, 0.15) is 13.3 Å². The van der Waals surface area contributed by atoms with Crippen molar-refractivity contribution >= 4 is 40.4 Å². The lowest BCUT2D eigenvalue weighted by Crippen LogP contribution is -2.32. The molecule has 0 heterocycles. The Bertz CT molecular complexity index is 523. The quantitative estimate of drug-likeness (QED) is 0.789. The van der Waals surface area contributed by atoms with Crippen molar-refractivity contribution in [3.05, 3.63) is 17.2 Å². The number of amides is 1. The number of hydrogen-bond donors (Lipinski definition) is 2. The minimum atomic E-state index is -0.532. The van der Waals surface area contributed by atoms with Gasteiger partial charge in [-0.1, -0.05) is 30.7 Å². The van der Waals surface area contributed by atoms with Crippen molar-refractivity contribution in [2.75, 3.05) is 19.5 Å². The average Bonchev–Trinajstić information content (AvgIpc) is 2.39. The number of carbonyl (C=O) groups excluding carboxylic acids is 1. The number of halogens is 1. The summed E-state index contributed by atoms with van der Waals surface area (Å²) in [4.78, 5) is 12.3. The first-order valence-corrected chi connectivity index (χ1v) is 6.74. The molecule has 0 aliphatic carbocycles. The molecule has 0 saturated carbocycles. The van der Waals surface area contributed by atoms with E-state index in [9.17, 15) is 4.79 Å². The molecule has 1 amide bonds. The molecule has 1 aromatic rings. The summed E-state index contributed by atoms with van der Waals surface area (Å²) in [5.41, 5.74) is 5.98. The third-order valence-electron chi connectivity index (χ3n) is 2.80. The Kier molecular flexibility index (Phi) is 6.04. The maximum atomic E-state index is 12.1. The van der Waals surface area contributed by atoms with Gasteiger partial charge in [-0.3, -0.25) is 4.79 Å². The summed E-state index contributed by atoms with van der Waals surface area (Å²) in [5.74, 6) is 0.0791. The Morgan fingerprint density at radius 3 is 2.45 bits per heavy atom. The monoisotopic (exact) mass is 316 g/mol. The van der Waals surface area contributed by atoms with Gasteiger partial charge in [-0.25, -0.2) is 0 Å². The van der Waals surface area contributed by atoms with E-state index < -0.39 is 5.92 Å². The topological polar surface area (TPSA) is 73.6 Å². The molecular weight excluding hydrogens is 300 g/mol. The van der Waals surface area contributed by atoms with Crippen LogP contribution in [0.4, 0.5) is 5.69 Å². The maximum Gasteiger partial charge on any atom is 0.234 e. The number of nitrogens with two attached hydrogens (primary N) is 1. The van der Waals surface area contributed by atoms with Crippen molar-refractivity contribution in [3.63, 3.8) is 0 Å². The molecule has 7 heteroatoms. The normalized spacial score (nSPS) is 11.6. The summed E-state index contributed by atoms with van der Waals surface area (Å²) in [5, 5.41) is 3.08. The standard InChI is InChI=1S/C13H17ClN2O3S/c1-4-7(12(15)20)13(17)16-9-5-8(14)10(18-2)6-11(9)19-3/h5-7H,4H2,1-3H3,(H2,15,20)(H,16,17). The first kappa shape index (κ1) is 16.5. The smallest absolute Gasteiger partial charge is 0.234 e. The van der Waals surface area contributed by atoms with E-state index in [1.54, 1.807) is 12.1 Å². The van der Waals surface area contributed by atoms with Gasteiger partial charge in [-0.2, -0.15) is 0 Å². The van der Waals surface area contributed by atoms with Gasteiger partial charge in [0.05, 0.1) is 35.8 Å². The van der Waals surface area contributed by atoms with Gasteiger partial charge in [0.2, 0.25) is 5.91 Å². The molecule has 0 aliphatic heterocycles. The number of hydrogen-bond acceptors (Lipinski definition) is 4. The summed E-state index contributed by atoms with van der Waals surface area (Å²) in [6.07, 6.45) is 0.521. The molecule has 0 spiro atoms. The highest BCUT2D eigenvalue weighted by molar-refractivity contribution is 7.80. The van der Waals surface area contributed by atoms with Crippen LogP contribution in [0.25, 0.3) is 0 Å². The Hall–Kier alpha value is -1.53. The number of benzene rings is 1. The Balaban J connectivity index is 3.05. The summed E-state index contributed by atoms with van der Waals surface area (Å²) < 4.78 is 10.3. The third kappa shape index (κ3) is 3.74. The van der Waals surface area contributed by atoms with E-state index >= 15 is 0 Å². The van der Waals surface area contributed by atoms with Crippen LogP contribution in [0.3, 0.4) is 0 Å². The van der Waals surface area contributed by atoms with Gasteiger partial charge in [0.1, 0.15) is 11.5 Å². The first-order chi connectivity index (χ1) is 9.44. The molecule has 1 rings (SSSR count). The van der Waals surface area contributed by atoms with Gasteiger partial charge in [0.25, 0.3) is 0 Å². The Morgan fingerprint density at radius 1 is 1.40 bits per heavy atom. The minimum Gasteiger partial charge on any atom is -0.495 e. The largest absolute Gasteiger partial charge is 0.495 e. The van der Waals surface area contributed by atoms with Crippen LogP contribution in [0, 0.1) is 5.92 Å². The second kappa shape index (κ2) is 7.31. The molecule has 20 heavy (non-hydrogen) atoms. The molecule has 1 aromatic carbocycles. The second-order valence-electron chi connectivity index (χ2n) is 4.04. The van der Waals surface area contributed by atoms with Crippen LogP contribution in [0.15, 0.2) is 12.1 Å². The van der Waals surface area contributed by atoms with Crippen LogP contribution < -0.4 is 20.5 Å². The minimum absolute atomic E-state index is 0.156. The van der Waals surface area contributed by atoms with E-state index in [0.29, 0.717) is 28.6 Å². The van der Waals surface area contributed by atoms with Crippen LogP contribution >= 0.6 is 23.8 Å². The molecule has 0 bridgehead atoms. The van der Waals surface area contributed by atoms with Crippen LogP contribution in [0.2, 0.25) is 5.02 Å². The SMILES string of the molecule is CCC(C(=O)Nc1cc(Cl)c(OC)cc1OC)C(N)=S. The predicted molar refractivity (Wildman–Crippen MR) is 83.8 cm³/mol. The fraction of sp³-hybridized carbons (Fsp3) is 0.385. The lowest BCUT2D eigenvalue weighted by Gasteiger charge is -2.16. The van der Waals surface area contributed by atoms with Gasteiger partial charge < -0.3 is 20.5 Å². The van der Waals surface area contributed by atoms with E-state index in [1.165, 1.54) is 14.2 Å². The summed E-state index contributed by atoms with van der Waals surface area (Å²) in [6.45, 7) is 1.83. The number of nitrogens with one attached hydrogen (secondary N) is 1. The lowest BCUT2D eigenvalue weighted by molar-refractivity contribution is -0.118. The number of thiocarbonyl (C=S) groups is 1. The molecule has 0 radical (unpaired) electrons. The zero-order valence-electron chi connectivity index (χ0n) is 11.5. The number of carbonyl (C=O) groups is 1. The number of ether oxygens (including phenoxy) is 2. The van der Waals surface area contributed by atoms with Crippen molar-refractivity contribution in [1.82, 2.24) is 0 Å². The highest BCUT2D eigenvalue weighted by atomic mass is 35.5. The molecule has 5 nitrogen and oxygen atoms in total. The van der Waals surface area contributed by atoms with Gasteiger partial charge in [-0.05, 0) is 12.5 Å². The predicted octanol–water partition coefficient (Wildman–Crippen LogP) is 2.61. The van der Waals surface area contributed by atoms with E-state index in [-0.39, 0.29) is 10.9 Å². The molecule has 0 aliphatic rings. The number of rotatable bonds is 6. The first-order valence-electron chi connectivity index (χ1n) is 5.96. The zero-order chi connectivity index (χ0) is 15.3. The summed E-state index contributed by atoms with van der Waals surface area (Å²) >= 11 is 10.9. The maximum absolute atomic E-state index is 12.1. The highest BCUT2D eigenvalue weighted by Crippen LogP contribution is 2.36. The van der Waals surface area contributed by atoms with E-state index in [0.717, 1.165) is 0 Å². The van der Waals surface area contributed by atoms with Crippen LogP contribution in [-0.2, 0) is 4.79 Å². The molecule has 1 unspecified atom stereocenters. The fourth-order valence-electron chi connectivity index (χ4n) is 1.69. The van der Waals surface area contributed by atoms with E-state index in [4.69, 9.17) is 39.0 Å². The Morgan fingerprint density at radius 2 is 2.00 bits per heavy atom. The van der Waals surface area contributed by atoms with Gasteiger partial charge in [0, 0.05) is 6.07 Å². The van der Waals surface area contributed by atoms with E-state index in [1.807, 2.05) is 6.92 Å². The van der Waals surface area contributed by atoms with Crippen molar-refractivity contribution in [2.45, 2.75) is 13.3 Å². The van der Waals surface area contributed by atoms with Crippen molar-refractivity contribution < 1.29 is 14.3 Å². The molecule has 1 atom stereocenters. The third-order valence-corrected chi connectivity index (χ3v) is 3.38. The molecule has 110 valence electrons. The van der Waals surface area contributed by atoms with E-state index in [2.05, 4.69) is 5.32 Å². The van der Waals surface area contributed by atoms with Gasteiger partial charge in [-0.15, -0.1) is 0 Å². The van der Waals surface area contributed by atoms with Gasteiger partial charge >= 0.3 is 0 Å². The summed E-state index contributed by atoms with van der Waals surface area (Å²) in [6, 6.07) is 3.16. The number of methoxy groups -OCH3 is 2. The second-order valence-corrected chi connectivity index (χ2v) is 4.92. The summed E-state index contributed by atoms with van der Waals surface area (Å²) in [7, 11) is 2.99. The van der Waals surface area contributed by atoms with Gasteiger partial charge in [0.15, 0.2) is 0 Å². The lowest BCUT2D eigenvalue weighted by atomic mass is 10.1. The van der Waals surface area contributed by atoms with Crippen LogP contribution in [0.5, 0.6) is 11.5 Å². The van der Waals surface area contributed by atoms with Crippen molar-refractivity contribution in [2.24, 2.45) is 11.7 Å². The zero-order valence-corrected chi connectivity index (χ0v) is 13.1.